The number of hydrogen-bond acceptors (Lipinski definition) is 2. The van der Waals surface area contributed by atoms with E-state index in [4.69, 9.17) is 12.2 Å². The summed E-state index contributed by atoms with van der Waals surface area (Å²) in [5.74, 6) is 0. The van der Waals surface area contributed by atoms with Crippen molar-refractivity contribution >= 4 is 17.3 Å². The van der Waals surface area contributed by atoms with Gasteiger partial charge >= 0.3 is 0 Å². The van der Waals surface area contributed by atoms with Crippen LogP contribution in [0, 0.1) is 0 Å². The molecule has 136 valence electrons. The van der Waals surface area contributed by atoms with Gasteiger partial charge in [-0.25, -0.2) is 0 Å². The molecule has 1 saturated carbocycles. The first-order valence-corrected chi connectivity index (χ1v) is 10.6. The van der Waals surface area contributed by atoms with Gasteiger partial charge in [0.25, 0.3) is 0 Å². The number of fused-ring (bicyclic) bond motifs is 2. The molecule has 1 aromatic carbocycles. The number of nitrogens with one attached hydrogen (secondary N) is 2. The van der Waals surface area contributed by atoms with Gasteiger partial charge in [-0.15, -0.1) is 0 Å². The van der Waals surface area contributed by atoms with Crippen LogP contribution in [0.5, 0.6) is 0 Å². The van der Waals surface area contributed by atoms with Gasteiger partial charge in [0.15, 0.2) is 5.11 Å². The molecule has 2 bridgehead atoms. The van der Waals surface area contributed by atoms with Gasteiger partial charge in [-0.3, -0.25) is 4.90 Å². The summed E-state index contributed by atoms with van der Waals surface area (Å²) in [5, 5.41) is 8.12. The molecule has 2 N–H and O–H groups in total. The van der Waals surface area contributed by atoms with Crippen molar-refractivity contribution in [2.75, 3.05) is 0 Å². The summed E-state index contributed by atoms with van der Waals surface area (Å²) in [4.78, 5) is 2.74. The van der Waals surface area contributed by atoms with Gasteiger partial charge in [0.1, 0.15) is 0 Å². The number of rotatable bonds is 4. The average molecular weight is 358 g/mol. The summed E-state index contributed by atoms with van der Waals surface area (Å²) in [5.41, 5.74) is 1.44. The summed E-state index contributed by atoms with van der Waals surface area (Å²) >= 11 is 5.61. The Hall–Kier alpha value is -1.13. The first-order chi connectivity index (χ1) is 12.3. The van der Waals surface area contributed by atoms with E-state index >= 15 is 0 Å². The van der Waals surface area contributed by atoms with E-state index in [0.717, 1.165) is 11.7 Å². The number of benzene rings is 1. The number of piperidine rings is 1. The molecular formula is C21H31N3S. The summed E-state index contributed by atoms with van der Waals surface area (Å²) in [7, 11) is 0. The van der Waals surface area contributed by atoms with E-state index in [1.807, 2.05) is 0 Å². The van der Waals surface area contributed by atoms with Crippen molar-refractivity contribution in [3.8, 4) is 0 Å². The molecule has 0 radical (unpaired) electrons. The van der Waals surface area contributed by atoms with Crippen LogP contribution in [0.15, 0.2) is 30.3 Å². The molecule has 0 unspecified atom stereocenters. The summed E-state index contributed by atoms with van der Waals surface area (Å²) in [6.45, 7) is 1.10. The first-order valence-electron chi connectivity index (χ1n) is 10.1. The largest absolute Gasteiger partial charge is 0.360 e. The highest BCUT2D eigenvalue weighted by Crippen LogP contribution is 2.36. The van der Waals surface area contributed by atoms with Crippen LogP contribution in [0.25, 0.3) is 0 Å². The standard InChI is InChI=1S/C21H31N3S/c25-21(22-17-9-5-2-6-10-17)23-18-13-19-11-12-20(14-18)24(19)15-16-7-3-1-4-8-16/h1,3-4,7-8,17-20H,2,5-6,9-15H2,(H2,22,23,25)/t19-,20-/m0/s1. The molecular weight excluding hydrogens is 326 g/mol. The van der Waals surface area contributed by atoms with Gasteiger partial charge in [-0.05, 0) is 56.3 Å². The molecule has 4 heteroatoms. The monoisotopic (exact) mass is 357 g/mol. The number of hydrogen-bond donors (Lipinski definition) is 2. The normalized spacial score (nSPS) is 30.2. The van der Waals surface area contributed by atoms with Gasteiger partial charge in [0, 0.05) is 30.7 Å². The van der Waals surface area contributed by atoms with E-state index in [1.54, 1.807) is 0 Å². The molecule has 2 atom stereocenters. The molecule has 3 fully saturated rings. The molecule has 4 rings (SSSR count). The molecule has 2 aliphatic heterocycles. The van der Waals surface area contributed by atoms with Crippen LogP contribution in [0.1, 0.15) is 63.4 Å². The Morgan fingerprint density at radius 1 is 0.880 bits per heavy atom. The predicted molar refractivity (Wildman–Crippen MR) is 108 cm³/mol. The second-order valence-electron chi connectivity index (χ2n) is 8.16. The molecule has 0 amide bonds. The summed E-state index contributed by atoms with van der Waals surface area (Å²) < 4.78 is 0. The Morgan fingerprint density at radius 3 is 2.20 bits per heavy atom. The zero-order chi connectivity index (χ0) is 17.1. The van der Waals surface area contributed by atoms with Crippen molar-refractivity contribution in [3.05, 3.63) is 35.9 Å². The van der Waals surface area contributed by atoms with Crippen molar-refractivity contribution < 1.29 is 0 Å². The van der Waals surface area contributed by atoms with E-state index in [1.165, 1.54) is 63.4 Å². The average Bonchev–Trinajstić information content (AvgIpc) is 2.86. The molecule has 0 aromatic heterocycles. The van der Waals surface area contributed by atoms with Crippen molar-refractivity contribution in [2.24, 2.45) is 0 Å². The molecule has 0 spiro atoms. The zero-order valence-electron chi connectivity index (χ0n) is 15.1. The molecule has 3 nitrogen and oxygen atoms in total. The van der Waals surface area contributed by atoms with Gasteiger partial charge in [-0.2, -0.15) is 0 Å². The smallest absolute Gasteiger partial charge is 0.166 e. The van der Waals surface area contributed by atoms with Crippen LogP contribution in [0.3, 0.4) is 0 Å². The first kappa shape index (κ1) is 17.3. The maximum absolute atomic E-state index is 5.61. The second-order valence-corrected chi connectivity index (χ2v) is 8.57. The fraction of sp³-hybridized carbons (Fsp3) is 0.667. The highest BCUT2D eigenvalue weighted by molar-refractivity contribution is 7.80. The maximum Gasteiger partial charge on any atom is 0.166 e. The van der Waals surface area contributed by atoms with Crippen LogP contribution in [-0.2, 0) is 6.54 Å². The van der Waals surface area contributed by atoms with E-state index < -0.39 is 0 Å². The Labute approximate surface area is 157 Å². The van der Waals surface area contributed by atoms with Gasteiger partial charge in [-0.1, -0.05) is 49.6 Å². The lowest BCUT2D eigenvalue weighted by Gasteiger charge is -2.40. The quantitative estimate of drug-likeness (QED) is 0.797. The minimum atomic E-state index is 0.549. The van der Waals surface area contributed by atoms with Crippen molar-refractivity contribution in [1.29, 1.82) is 0 Å². The number of thiocarbonyl (C=S) groups is 1. The van der Waals surface area contributed by atoms with Crippen LogP contribution in [0.2, 0.25) is 0 Å². The lowest BCUT2D eigenvalue weighted by molar-refractivity contribution is 0.114. The third kappa shape index (κ3) is 4.35. The maximum atomic E-state index is 5.61. The molecule has 1 aliphatic carbocycles. The van der Waals surface area contributed by atoms with Crippen molar-refractivity contribution in [3.63, 3.8) is 0 Å². The van der Waals surface area contributed by atoms with Gasteiger partial charge < -0.3 is 10.6 Å². The van der Waals surface area contributed by atoms with Gasteiger partial charge in [0.2, 0.25) is 0 Å². The Balaban J connectivity index is 1.28. The van der Waals surface area contributed by atoms with Crippen molar-refractivity contribution in [1.82, 2.24) is 15.5 Å². The van der Waals surface area contributed by atoms with Gasteiger partial charge in [0.05, 0.1) is 0 Å². The summed E-state index contributed by atoms with van der Waals surface area (Å²) in [6.07, 6.45) is 11.8. The highest BCUT2D eigenvalue weighted by atomic mass is 32.1. The third-order valence-corrected chi connectivity index (χ3v) is 6.60. The minimum Gasteiger partial charge on any atom is -0.360 e. The van der Waals surface area contributed by atoms with Crippen LogP contribution in [-0.4, -0.2) is 34.2 Å². The fourth-order valence-electron chi connectivity index (χ4n) is 5.10. The Morgan fingerprint density at radius 2 is 1.52 bits per heavy atom. The Bertz CT molecular complexity index is 556. The van der Waals surface area contributed by atoms with E-state index in [9.17, 15) is 0 Å². The van der Waals surface area contributed by atoms with Crippen molar-refractivity contribution in [2.45, 2.75) is 88.5 Å². The zero-order valence-corrected chi connectivity index (χ0v) is 15.9. The van der Waals surface area contributed by atoms with E-state index in [-0.39, 0.29) is 0 Å². The molecule has 2 heterocycles. The minimum absolute atomic E-state index is 0.549. The number of nitrogens with zero attached hydrogens (tertiary/aromatic N) is 1. The van der Waals surface area contributed by atoms with Crippen LogP contribution in [0.4, 0.5) is 0 Å². The molecule has 3 aliphatic rings. The lowest BCUT2D eigenvalue weighted by Crippen LogP contribution is -2.53. The van der Waals surface area contributed by atoms with E-state index in [0.29, 0.717) is 24.2 Å². The topological polar surface area (TPSA) is 27.3 Å². The van der Waals surface area contributed by atoms with E-state index in [2.05, 4.69) is 45.9 Å². The summed E-state index contributed by atoms with van der Waals surface area (Å²) in [6, 6.07) is 13.5. The molecule has 1 aromatic rings. The molecule has 25 heavy (non-hydrogen) atoms. The van der Waals surface area contributed by atoms with Crippen LogP contribution >= 0.6 is 12.2 Å². The third-order valence-electron chi connectivity index (χ3n) is 6.37. The predicted octanol–water partition coefficient (Wildman–Crippen LogP) is 3.98. The Kier molecular flexibility index (Phi) is 5.57. The second kappa shape index (κ2) is 8.05. The molecule has 2 saturated heterocycles. The SMILES string of the molecule is S=C(NC1CCCCC1)NC1C[C@@H]2CC[C@@H](C1)N2Cc1ccccc1. The lowest BCUT2D eigenvalue weighted by atomic mass is 9.95. The van der Waals surface area contributed by atoms with Crippen LogP contribution < -0.4 is 10.6 Å². The highest BCUT2D eigenvalue weighted by Gasteiger charge is 2.40. The fourth-order valence-corrected chi connectivity index (χ4v) is 5.44.